The highest BCUT2D eigenvalue weighted by Crippen LogP contribution is 2.43. The van der Waals surface area contributed by atoms with E-state index in [1.54, 1.807) is 0 Å². The molecule has 0 amide bonds. The van der Waals surface area contributed by atoms with Gasteiger partial charge < -0.3 is 10.1 Å². The van der Waals surface area contributed by atoms with E-state index in [9.17, 15) is 5.11 Å². The van der Waals surface area contributed by atoms with Gasteiger partial charge in [-0.2, -0.15) is 0 Å². The number of H-pyrrole nitrogens is 1. The Bertz CT molecular complexity index is 554. The zero-order chi connectivity index (χ0) is 12.6. The van der Waals surface area contributed by atoms with Crippen molar-refractivity contribution in [1.82, 2.24) is 4.98 Å². The number of nitrogens with one attached hydrogen (secondary N) is 1. The van der Waals surface area contributed by atoms with Crippen LogP contribution in [0.2, 0.25) is 10.0 Å². The molecule has 0 radical (unpaired) electrons. The van der Waals surface area contributed by atoms with Crippen molar-refractivity contribution in [2.75, 3.05) is 5.23 Å². The number of benzene rings is 1. The zero-order valence-corrected chi connectivity index (χ0v) is 9.83. The number of anilines is 1. The van der Waals surface area contributed by atoms with E-state index in [1.807, 2.05) is 0 Å². The molecule has 5 nitrogen and oxygen atoms in total. The minimum absolute atomic E-state index is 0.0220. The van der Waals surface area contributed by atoms with Crippen molar-refractivity contribution in [3.8, 4) is 16.9 Å². The fraction of sp³-hybridized carbons (Fsp3) is 0. The van der Waals surface area contributed by atoms with Gasteiger partial charge in [0.05, 0.1) is 10.0 Å². The van der Waals surface area contributed by atoms with Gasteiger partial charge in [-0.1, -0.05) is 35.0 Å². The number of hydrogen-bond acceptors (Lipinski definition) is 4. The van der Waals surface area contributed by atoms with E-state index in [2.05, 4.69) is 4.98 Å². The molecule has 90 valence electrons. The third-order valence-corrected chi connectivity index (χ3v) is 2.87. The Morgan fingerprint density at radius 2 is 1.82 bits per heavy atom. The van der Waals surface area contributed by atoms with Crippen LogP contribution in [0, 0.1) is 0 Å². The van der Waals surface area contributed by atoms with Crippen LogP contribution in [0.3, 0.4) is 0 Å². The predicted octanol–water partition coefficient (Wildman–Crippen LogP) is 2.65. The lowest BCUT2D eigenvalue weighted by atomic mass is 10.1. The van der Waals surface area contributed by atoms with Crippen molar-refractivity contribution in [3.05, 3.63) is 34.6 Å². The average molecular weight is 274 g/mol. The highest BCUT2D eigenvalue weighted by molar-refractivity contribution is 6.35. The van der Waals surface area contributed by atoms with Crippen LogP contribution in [0.15, 0.2) is 24.5 Å². The molecule has 0 saturated heterocycles. The van der Waals surface area contributed by atoms with Crippen molar-refractivity contribution in [2.45, 2.75) is 0 Å². The first-order valence-corrected chi connectivity index (χ1v) is 5.28. The summed E-state index contributed by atoms with van der Waals surface area (Å²) in [5.74, 6) is -0.418. The van der Waals surface area contributed by atoms with Crippen LogP contribution in [0.1, 0.15) is 0 Å². The van der Waals surface area contributed by atoms with Gasteiger partial charge in [0.1, 0.15) is 5.69 Å². The SMILES string of the molecule is [O-]c1ccc(Cl)c(N(O)O)c1-c1c[nH]cc1Cl. The fourth-order valence-electron chi connectivity index (χ4n) is 1.54. The quantitative estimate of drug-likeness (QED) is 0.735. The summed E-state index contributed by atoms with van der Waals surface area (Å²) in [7, 11) is 0. The molecule has 0 aliphatic heterocycles. The molecular weight excluding hydrogens is 267 g/mol. The van der Waals surface area contributed by atoms with Crippen LogP contribution in [0.4, 0.5) is 5.69 Å². The van der Waals surface area contributed by atoms with Crippen LogP contribution >= 0.6 is 23.2 Å². The molecule has 2 rings (SSSR count). The van der Waals surface area contributed by atoms with Crippen LogP contribution in [-0.2, 0) is 0 Å². The molecule has 0 aliphatic carbocycles. The highest BCUT2D eigenvalue weighted by atomic mass is 35.5. The molecule has 0 bridgehead atoms. The van der Waals surface area contributed by atoms with E-state index >= 15 is 0 Å². The molecule has 0 spiro atoms. The molecule has 0 unspecified atom stereocenters. The lowest BCUT2D eigenvalue weighted by molar-refractivity contribution is -0.267. The number of hydrogen-bond donors (Lipinski definition) is 3. The fourth-order valence-corrected chi connectivity index (χ4v) is 1.98. The monoisotopic (exact) mass is 273 g/mol. The van der Waals surface area contributed by atoms with E-state index in [1.165, 1.54) is 24.5 Å². The Kier molecular flexibility index (Phi) is 3.17. The van der Waals surface area contributed by atoms with Gasteiger partial charge in [-0.05, 0) is 6.07 Å². The van der Waals surface area contributed by atoms with E-state index < -0.39 is 5.75 Å². The number of rotatable bonds is 2. The Morgan fingerprint density at radius 1 is 1.12 bits per heavy atom. The second-order valence-electron chi connectivity index (χ2n) is 3.28. The molecule has 1 heterocycles. The average Bonchev–Trinajstić information content (AvgIpc) is 2.67. The Balaban J connectivity index is 2.76. The van der Waals surface area contributed by atoms with Gasteiger partial charge in [-0.25, -0.2) is 0 Å². The van der Waals surface area contributed by atoms with Crippen LogP contribution in [0.25, 0.3) is 11.1 Å². The molecule has 0 atom stereocenters. The first-order valence-electron chi connectivity index (χ1n) is 4.52. The van der Waals surface area contributed by atoms with Gasteiger partial charge in [0, 0.05) is 23.5 Å². The van der Waals surface area contributed by atoms with E-state index in [4.69, 9.17) is 33.6 Å². The van der Waals surface area contributed by atoms with Crippen molar-refractivity contribution in [3.63, 3.8) is 0 Å². The predicted molar refractivity (Wildman–Crippen MR) is 61.7 cm³/mol. The molecule has 17 heavy (non-hydrogen) atoms. The smallest absolute Gasteiger partial charge is 0.120 e. The summed E-state index contributed by atoms with van der Waals surface area (Å²) in [6.07, 6.45) is 2.95. The summed E-state index contributed by atoms with van der Waals surface area (Å²) in [6.45, 7) is 0. The largest absolute Gasteiger partial charge is 0.872 e. The minimum atomic E-state index is -0.418. The lowest BCUT2D eigenvalue weighted by Gasteiger charge is -2.21. The second-order valence-corrected chi connectivity index (χ2v) is 4.09. The van der Waals surface area contributed by atoms with Gasteiger partial charge in [0.2, 0.25) is 0 Å². The molecule has 2 aromatic rings. The number of nitrogens with zero attached hydrogens (tertiary/aromatic N) is 1. The molecular formula is C10H7Cl2N2O3-. The van der Waals surface area contributed by atoms with Crippen LogP contribution in [0.5, 0.6) is 5.75 Å². The van der Waals surface area contributed by atoms with Gasteiger partial charge in [0.25, 0.3) is 0 Å². The summed E-state index contributed by atoms with van der Waals surface area (Å²) in [5.41, 5.74) is 0.164. The maximum Gasteiger partial charge on any atom is 0.120 e. The topological polar surface area (TPSA) is 82.6 Å². The Labute approximate surface area is 106 Å². The van der Waals surface area contributed by atoms with Crippen LogP contribution in [-0.4, -0.2) is 15.4 Å². The van der Waals surface area contributed by atoms with E-state index in [0.29, 0.717) is 5.56 Å². The standard InChI is InChI=1S/C10H8Cl2N2O3/c11-6-1-2-8(15)9(10(6)14(16)17)5-3-13-4-7(5)12/h1-4,13,15-17H/p-1. The first-order chi connectivity index (χ1) is 8.02. The highest BCUT2D eigenvalue weighted by Gasteiger charge is 2.17. The first kappa shape index (κ1) is 12.1. The van der Waals surface area contributed by atoms with Gasteiger partial charge in [-0.15, -0.1) is 5.23 Å². The number of halogens is 2. The van der Waals surface area contributed by atoms with Crippen molar-refractivity contribution >= 4 is 28.9 Å². The molecule has 7 heteroatoms. The summed E-state index contributed by atoms with van der Waals surface area (Å²) in [6, 6.07) is 2.51. The Morgan fingerprint density at radius 3 is 2.35 bits per heavy atom. The van der Waals surface area contributed by atoms with Crippen molar-refractivity contribution in [1.29, 1.82) is 0 Å². The van der Waals surface area contributed by atoms with Crippen LogP contribution < -0.4 is 10.3 Å². The zero-order valence-electron chi connectivity index (χ0n) is 8.32. The molecule has 0 aliphatic rings. The van der Waals surface area contributed by atoms with Gasteiger partial charge in [0.15, 0.2) is 0 Å². The summed E-state index contributed by atoms with van der Waals surface area (Å²) in [5, 5.41) is 30.1. The summed E-state index contributed by atoms with van der Waals surface area (Å²) < 4.78 is 0. The normalized spacial score (nSPS) is 10.6. The lowest BCUT2D eigenvalue weighted by Crippen LogP contribution is -2.14. The molecule has 0 fully saturated rings. The molecule has 3 N–H and O–H groups in total. The number of aromatic amines is 1. The summed E-state index contributed by atoms with van der Waals surface area (Å²) in [4.78, 5) is 2.71. The second kappa shape index (κ2) is 4.46. The third-order valence-electron chi connectivity index (χ3n) is 2.25. The van der Waals surface area contributed by atoms with E-state index in [-0.39, 0.29) is 26.5 Å². The van der Waals surface area contributed by atoms with Gasteiger partial charge in [-0.3, -0.25) is 10.4 Å². The maximum atomic E-state index is 11.8. The Hall–Kier alpha value is -1.40. The number of aromatic nitrogens is 1. The molecule has 0 saturated carbocycles. The minimum Gasteiger partial charge on any atom is -0.872 e. The molecule has 1 aromatic carbocycles. The summed E-state index contributed by atoms with van der Waals surface area (Å²) >= 11 is 11.7. The van der Waals surface area contributed by atoms with Gasteiger partial charge >= 0.3 is 0 Å². The maximum absolute atomic E-state index is 11.8. The van der Waals surface area contributed by atoms with Crippen molar-refractivity contribution < 1.29 is 15.5 Å². The third kappa shape index (κ3) is 2.05. The van der Waals surface area contributed by atoms with E-state index in [0.717, 1.165) is 0 Å². The van der Waals surface area contributed by atoms with Crippen molar-refractivity contribution in [2.24, 2.45) is 0 Å². The molecule has 1 aromatic heterocycles.